The van der Waals surface area contributed by atoms with Gasteiger partial charge in [-0.05, 0) is 90.0 Å². The van der Waals surface area contributed by atoms with Crippen molar-refractivity contribution in [1.82, 2.24) is 9.13 Å². The minimum Gasteiger partial charge on any atom is -0.311 e. The van der Waals surface area contributed by atoms with E-state index in [4.69, 9.17) is 0 Å². The van der Waals surface area contributed by atoms with Crippen LogP contribution in [0.5, 0.6) is 0 Å². The van der Waals surface area contributed by atoms with E-state index in [2.05, 4.69) is 214 Å². The normalized spacial score (nSPS) is 11.5. The van der Waals surface area contributed by atoms with Crippen LogP contribution < -0.4 is 4.90 Å². The van der Waals surface area contributed by atoms with Crippen LogP contribution in [0.3, 0.4) is 0 Å². The zero-order chi connectivity index (χ0) is 33.7. The van der Waals surface area contributed by atoms with E-state index in [1.54, 1.807) is 0 Å². The molecular formula is C48H33N3. The lowest BCUT2D eigenvalue weighted by Crippen LogP contribution is -2.09. The molecule has 0 saturated carbocycles. The Morgan fingerprint density at radius 3 is 1.55 bits per heavy atom. The molecule has 10 rings (SSSR count). The van der Waals surface area contributed by atoms with Crippen molar-refractivity contribution >= 4 is 60.7 Å². The molecule has 0 bridgehead atoms. The molecule has 3 heteroatoms. The van der Waals surface area contributed by atoms with Gasteiger partial charge in [-0.3, -0.25) is 0 Å². The lowest BCUT2D eigenvalue weighted by atomic mass is 10.0. The molecule has 0 amide bonds. The minimum atomic E-state index is 1.12. The van der Waals surface area contributed by atoms with Gasteiger partial charge >= 0.3 is 0 Å². The molecule has 10 aromatic rings. The molecule has 8 aromatic carbocycles. The number of fused-ring (bicyclic) bond motifs is 7. The summed E-state index contributed by atoms with van der Waals surface area (Å²) in [6.45, 7) is 0. The van der Waals surface area contributed by atoms with E-state index in [1.165, 1.54) is 54.7 Å². The summed E-state index contributed by atoms with van der Waals surface area (Å²) >= 11 is 0. The van der Waals surface area contributed by atoms with Crippen molar-refractivity contribution in [3.63, 3.8) is 0 Å². The molecule has 0 aliphatic carbocycles. The zero-order valence-corrected chi connectivity index (χ0v) is 27.9. The van der Waals surface area contributed by atoms with Gasteiger partial charge in [-0.2, -0.15) is 0 Å². The van der Waals surface area contributed by atoms with Gasteiger partial charge in [0.2, 0.25) is 0 Å². The first kappa shape index (κ1) is 29.1. The van der Waals surface area contributed by atoms with E-state index in [0.717, 1.165) is 28.4 Å². The van der Waals surface area contributed by atoms with Gasteiger partial charge in [0.25, 0.3) is 0 Å². The van der Waals surface area contributed by atoms with Gasteiger partial charge in [-0.25, -0.2) is 0 Å². The van der Waals surface area contributed by atoms with E-state index in [9.17, 15) is 0 Å². The number of aromatic nitrogens is 2. The molecule has 0 fully saturated rings. The molecule has 0 saturated heterocycles. The molecule has 0 radical (unpaired) electrons. The number of anilines is 3. The average molecular weight is 652 g/mol. The van der Waals surface area contributed by atoms with Crippen LogP contribution in [0.2, 0.25) is 0 Å². The van der Waals surface area contributed by atoms with Gasteiger partial charge in [-0.15, -0.1) is 0 Å². The molecule has 0 atom stereocenters. The molecule has 0 unspecified atom stereocenters. The average Bonchev–Trinajstić information content (AvgIpc) is 3.73. The van der Waals surface area contributed by atoms with Crippen molar-refractivity contribution in [2.45, 2.75) is 0 Å². The minimum absolute atomic E-state index is 1.12. The molecule has 51 heavy (non-hydrogen) atoms. The van der Waals surface area contributed by atoms with Crippen molar-refractivity contribution in [3.8, 4) is 22.5 Å². The second-order valence-corrected chi connectivity index (χ2v) is 13.0. The Bertz CT molecular complexity index is 2790. The topological polar surface area (TPSA) is 13.1 Å². The predicted molar refractivity (Wildman–Crippen MR) is 215 cm³/mol. The zero-order valence-electron chi connectivity index (χ0n) is 27.9. The molecule has 2 aromatic heterocycles. The molecule has 0 spiro atoms. The smallest absolute Gasteiger partial charge is 0.0641 e. The fourth-order valence-electron chi connectivity index (χ4n) is 7.86. The SMILES string of the molecule is c1ccc(N(c2ccccc2)c2ccc(-c3cccc(-n4c5ccccc5c5ccc6c(c7ccccc7n6-c6ccccc6)c54)c3)cc2)cc1. The van der Waals surface area contributed by atoms with E-state index in [0.29, 0.717) is 0 Å². The third kappa shape index (κ3) is 4.74. The van der Waals surface area contributed by atoms with Crippen LogP contribution in [0.4, 0.5) is 17.1 Å². The third-order valence-corrected chi connectivity index (χ3v) is 10.1. The van der Waals surface area contributed by atoms with E-state index in [1.807, 2.05) is 0 Å². The van der Waals surface area contributed by atoms with Crippen LogP contribution in [0.1, 0.15) is 0 Å². The van der Waals surface area contributed by atoms with Crippen LogP contribution in [-0.4, -0.2) is 9.13 Å². The summed E-state index contributed by atoms with van der Waals surface area (Å²) in [6.07, 6.45) is 0. The quantitative estimate of drug-likeness (QED) is 0.174. The summed E-state index contributed by atoms with van der Waals surface area (Å²) in [7, 11) is 0. The van der Waals surface area contributed by atoms with Crippen molar-refractivity contribution in [2.24, 2.45) is 0 Å². The van der Waals surface area contributed by atoms with Crippen LogP contribution in [-0.2, 0) is 0 Å². The molecule has 240 valence electrons. The highest BCUT2D eigenvalue weighted by atomic mass is 15.1. The first-order valence-electron chi connectivity index (χ1n) is 17.5. The summed E-state index contributed by atoms with van der Waals surface area (Å²) in [5.74, 6) is 0. The number of nitrogens with zero attached hydrogens (tertiary/aromatic N) is 3. The van der Waals surface area contributed by atoms with Crippen molar-refractivity contribution in [2.75, 3.05) is 4.90 Å². The Hall–Kier alpha value is -6.84. The van der Waals surface area contributed by atoms with Gasteiger partial charge in [-0.1, -0.05) is 121 Å². The summed E-state index contributed by atoms with van der Waals surface area (Å²) in [5, 5.41) is 5.02. The molecule has 2 heterocycles. The van der Waals surface area contributed by atoms with Crippen molar-refractivity contribution in [1.29, 1.82) is 0 Å². The molecule has 3 nitrogen and oxygen atoms in total. The van der Waals surface area contributed by atoms with Crippen LogP contribution >= 0.6 is 0 Å². The van der Waals surface area contributed by atoms with Crippen molar-refractivity contribution in [3.05, 3.63) is 200 Å². The Morgan fingerprint density at radius 2 is 0.863 bits per heavy atom. The Kier molecular flexibility index (Phi) is 6.81. The molecular weight excluding hydrogens is 619 g/mol. The molecule has 0 aliphatic rings. The van der Waals surface area contributed by atoms with E-state index < -0.39 is 0 Å². The van der Waals surface area contributed by atoms with Gasteiger partial charge in [0.15, 0.2) is 0 Å². The lowest BCUT2D eigenvalue weighted by molar-refractivity contribution is 1.17. The fourth-order valence-corrected chi connectivity index (χ4v) is 7.86. The number of hydrogen-bond donors (Lipinski definition) is 0. The monoisotopic (exact) mass is 651 g/mol. The maximum absolute atomic E-state index is 2.47. The maximum Gasteiger partial charge on any atom is 0.0641 e. The van der Waals surface area contributed by atoms with E-state index in [-0.39, 0.29) is 0 Å². The number of benzene rings is 8. The number of hydrogen-bond acceptors (Lipinski definition) is 1. The Balaban J connectivity index is 1.16. The Labute approximate surface area is 296 Å². The highest BCUT2D eigenvalue weighted by molar-refractivity contribution is 6.26. The first-order chi connectivity index (χ1) is 25.3. The lowest BCUT2D eigenvalue weighted by Gasteiger charge is -2.25. The molecule has 0 aliphatic heterocycles. The summed E-state index contributed by atoms with van der Waals surface area (Å²) in [5.41, 5.74) is 12.9. The second kappa shape index (κ2) is 11.9. The first-order valence-corrected chi connectivity index (χ1v) is 17.5. The summed E-state index contributed by atoms with van der Waals surface area (Å²) in [6, 6.07) is 71.9. The Morgan fingerprint density at radius 1 is 0.314 bits per heavy atom. The second-order valence-electron chi connectivity index (χ2n) is 13.0. The van der Waals surface area contributed by atoms with Gasteiger partial charge in [0.1, 0.15) is 0 Å². The third-order valence-electron chi connectivity index (χ3n) is 10.1. The fraction of sp³-hybridized carbons (Fsp3) is 0. The van der Waals surface area contributed by atoms with Crippen molar-refractivity contribution < 1.29 is 0 Å². The van der Waals surface area contributed by atoms with Crippen LogP contribution in [0.25, 0.3) is 66.1 Å². The predicted octanol–water partition coefficient (Wildman–Crippen LogP) is 13.0. The van der Waals surface area contributed by atoms with Crippen LogP contribution in [0, 0.1) is 0 Å². The number of para-hydroxylation sites is 5. The van der Waals surface area contributed by atoms with E-state index >= 15 is 0 Å². The maximum atomic E-state index is 2.47. The highest BCUT2D eigenvalue weighted by Gasteiger charge is 2.21. The van der Waals surface area contributed by atoms with Gasteiger partial charge < -0.3 is 14.0 Å². The number of rotatable bonds is 6. The van der Waals surface area contributed by atoms with Crippen LogP contribution in [0.15, 0.2) is 200 Å². The summed E-state index contributed by atoms with van der Waals surface area (Å²) < 4.78 is 4.87. The van der Waals surface area contributed by atoms with Gasteiger partial charge in [0, 0.05) is 50.0 Å². The summed E-state index contributed by atoms with van der Waals surface area (Å²) in [4.78, 5) is 2.30. The standard InChI is InChI=1S/C48H33N3/c1-4-16-36(17-5-1)49(37-18-6-2-7-19-37)39-29-27-34(28-30-39)35-15-14-22-40(33-35)51-44-25-12-10-23-41(44)42-31-32-46-47(48(42)51)43-24-11-13-26-45(43)50(46)38-20-8-3-9-21-38/h1-33H. The highest BCUT2D eigenvalue weighted by Crippen LogP contribution is 2.42. The van der Waals surface area contributed by atoms with Gasteiger partial charge in [0.05, 0.1) is 22.1 Å². The molecule has 0 N–H and O–H groups in total. The largest absolute Gasteiger partial charge is 0.311 e.